The van der Waals surface area contributed by atoms with E-state index in [9.17, 15) is 13.2 Å². The molecule has 0 spiro atoms. The van der Waals surface area contributed by atoms with E-state index < -0.39 is 9.84 Å². The van der Waals surface area contributed by atoms with Gasteiger partial charge in [0.15, 0.2) is 21.9 Å². The maximum absolute atomic E-state index is 11.4. The zero-order valence-electron chi connectivity index (χ0n) is 7.89. The number of aldehydes is 1. The number of carbonyl (C=O) groups is 1. The van der Waals surface area contributed by atoms with Gasteiger partial charge in [0.2, 0.25) is 0 Å². The molecule has 0 fully saturated rings. The molecule has 0 saturated heterocycles. The number of imidazole rings is 1. The maximum Gasteiger partial charge on any atom is 0.185 e. The molecular weight excluding hydrogens is 216 g/mol. The van der Waals surface area contributed by atoms with Crippen LogP contribution in [0.1, 0.15) is 10.6 Å². The van der Waals surface area contributed by atoms with Crippen molar-refractivity contribution in [1.82, 2.24) is 9.97 Å². The molecule has 0 bridgehead atoms. The molecular formula is C9H8N2O3S. The summed E-state index contributed by atoms with van der Waals surface area (Å²) in [5.41, 5.74) is 0.849. The molecule has 1 aromatic heterocycles. The highest BCUT2D eigenvalue weighted by Gasteiger charge is 2.14. The number of para-hydroxylation sites is 1. The van der Waals surface area contributed by atoms with E-state index in [0.717, 1.165) is 6.26 Å². The number of rotatable bonds is 2. The van der Waals surface area contributed by atoms with Gasteiger partial charge in [0, 0.05) is 6.26 Å². The van der Waals surface area contributed by atoms with Crippen molar-refractivity contribution in [3.8, 4) is 0 Å². The molecule has 1 N–H and O–H groups in total. The average Bonchev–Trinajstić information content (AvgIpc) is 2.57. The van der Waals surface area contributed by atoms with Crippen molar-refractivity contribution < 1.29 is 13.2 Å². The van der Waals surface area contributed by atoms with Gasteiger partial charge in [0.05, 0.1) is 10.4 Å². The fourth-order valence-corrected chi connectivity index (χ4v) is 2.21. The van der Waals surface area contributed by atoms with Gasteiger partial charge < -0.3 is 4.98 Å². The van der Waals surface area contributed by atoms with Gasteiger partial charge in [-0.2, -0.15) is 0 Å². The molecule has 0 aliphatic rings. The molecule has 6 heteroatoms. The van der Waals surface area contributed by atoms with Gasteiger partial charge in [-0.25, -0.2) is 13.4 Å². The minimum atomic E-state index is -3.32. The Labute approximate surface area is 86.1 Å². The Bertz CT molecular complexity index is 628. The van der Waals surface area contributed by atoms with Crippen LogP contribution in [0.5, 0.6) is 0 Å². The van der Waals surface area contributed by atoms with Gasteiger partial charge >= 0.3 is 0 Å². The van der Waals surface area contributed by atoms with Gasteiger partial charge in [0.1, 0.15) is 5.52 Å². The molecule has 0 aliphatic heterocycles. The van der Waals surface area contributed by atoms with E-state index in [0.29, 0.717) is 17.3 Å². The molecule has 2 rings (SSSR count). The Balaban J connectivity index is 2.87. The van der Waals surface area contributed by atoms with Crippen LogP contribution in [-0.2, 0) is 9.84 Å². The van der Waals surface area contributed by atoms with Gasteiger partial charge in [-0.05, 0) is 12.1 Å². The largest absolute Gasteiger partial charge is 0.336 e. The van der Waals surface area contributed by atoms with Crippen molar-refractivity contribution in [3.63, 3.8) is 0 Å². The molecule has 2 aromatic rings. The van der Waals surface area contributed by atoms with Gasteiger partial charge in [-0.1, -0.05) is 6.07 Å². The molecule has 1 heterocycles. The quantitative estimate of drug-likeness (QED) is 0.764. The second kappa shape index (κ2) is 3.16. The van der Waals surface area contributed by atoms with Crippen LogP contribution in [0.4, 0.5) is 0 Å². The Hall–Kier alpha value is -1.69. The van der Waals surface area contributed by atoms with E-state index in [4.69, 9.17) is 0 Å². The van der Waals surface area contributed by atoms with Crippen molar-refractivity contribution in [2.75, 3.05) is 6.26 Å². The van der Waals surface area contributed by atoms with Crippen molar-refractivity contribution in [1.29, 1.82) is 0 Å². The van der Waals surface area contributed by atoms with Gasteiger partial charge in [0.25, 0.3) is 0 Å². The summed E-state index contributed by atoms with van der Waals surface area (Å²) >= 11 is 0. The zero-order valence-corrected chi connectivity index (χ0v) is 8.71. The maximum atomic E-state index is 11.4. The first-order valence-electron chi connectivity index (χ1n) is 4.16. The van der Waals surface area contributed by atoms with Crippen LogP contribution in [-0.4, -0.2) is 30.9 Å². The normalized spacial score (nSPS) is 11.8. The van der Waals surface area contributed by atoms with Crippen molar-refractivity contribution in [3.05, 3.63) is 24.0 Å². The van der Waals surface area contributed by atoms with Crippen molar-refractivity contribution >= 4 is 27.2 Å². The van der Waals surface area contributed by atoms with Crippen LogP contribution < -0.4 is 0 Å². The summed E-state index contributed by atoms with van der Waals surface area (Å²) in [7, 11) is -3.32. The molecule has 0 saturated carbocycles. The fourth-order valence-electron chi connectivity index (χ4n) is 1.38. The molecule has 0 radical (unpaired) electrons. The summed E-state index contributed by atoms with van der Waals surface area (Å²) < 4.78 is 22.8. The number of fused-ring (bicyclic) bond motifs is 1. The van der Waals surface area contributed by atoms with Crippen LogP contribution in [0.2, 0.25) is 0 Å². The topological polar surface area (TPSA) is 79.9 Å². The first-order valence-corrected chi connectivity index (χ1v) is 6.05. The summed E-state index contributed by atoms with van der Waals surface area (Å²) in [5.74, 6) is 0.126. The molecule has 0 amide bonds. The first kappa shape index (κ1) is 9.85. The lowest BCUT2D eigenvalue weighted by molar-refractivity contribution is 0.111. The highest BCUT2D eigenvalue weighted by molar-refractivity contribution is 7.91. The second-order valence-corrected chi connectivity index (χ2v) is 5.15. The number of benzene rings is 1. The van der Waals surface area contributed by atoms with Gasteiger partial charge in [-0.3, -0.25) is 4.79 Å². The summed E-state index contributed by atoms with van der Waals surface area (Å²) in [4.78, 5) is 17.2. The predicted molar refractivity (Wildman–Crippen MR) is 54.6 cm³/mol. The third-order valence-electron chi connectivity index (χ3n) is 2.01. The van der Waals surface area contributed by atoms with Crippen LogP contribution in [0.15, 0.2) is 23.1 Å². The monoisotopic (exact) mass is 224 g/mol. The number of hydrogen-bond donors (Lipinski definition) is 1. The Morgan fingerprint density at radius 1 is 1.40 bits per heavy atom. The van der Waals surface area contributed by atoms with E-state index in [1.54, 1.807) is 12.1 Å². The summed E-state index contributed by atoms with van der Waals surface area (Å²) in [6.07, 6.45) is 1.66. The third-order valence-corrected chi connectivity index (χ3v) is 3.13. The van der Waals surface area contributed by atoms with E-state index in [-0.39, 0.29) is 10.7 Å². The smallest absolute Gasteiger partial charge is 0.185 e. The lowest BCUT2D eigenvalue weighted by atomic mass is 10.3. The lowest BCUT2D eigenvalue weighted by Crippen LogP contribution is -1.97. The minimum absolute atomic E-state index is 0.126. The molecule has 78 valence electrons. The Kier molecular flexibility index (Phi) is 2.08. The highest BCUT2D eigenvalue weighted by atomic mass is 32.2. The lowest BCUT2D eigenvalue weighted by Gasteiger charge is -1.97. The number of carbonyl (C=O) groups excluding carboxylic acids is 1. The number of aromatic nitrogens is 2. The van der Waals surface area contributed by atoms with E-state index >= 15 is 0 Å². The van der Waals surface area contributed by atoms with Crippen LogP contribution in [0.3, 0.4) is 0 Å². The van der Waals surface area contributed by atoms with Crippen LogP contribution in [0.25, 0.3) is 11.0 Å². The van der Waals surface area contributed by atoms with Crippen LogP contribution in [0, 0.1) is 0 Å². The summed E-state index contributed by atoms with van der Waals surface area (Å²) in [5, 5.41) is 0. The summed E-state index contributed by atoms with van der Waals surface area (Å²) in [6.45, 7) is 0. The predicted octanol–water partition coefficient (Wildman–Crippen LogP) is 0.779. The molecule has 0 atom stereocenters. The minimum Gasteiger partial charge on any atom is -0.336 e. The molecule has 15 heavy (non-hydrogen) atoms. The number of hydrogen-bond acceptors (Lipinski definition) is 4. The second-order valence-electron chi connectivity index (χ2n) is 3.16. The van der Waals surface area contributed by atoms with Crippen LogP contribution >= 0.6 is 0 Å². The Morgan fingerprint density at radius 2 is 2.13 bits per heavy atom. The fraction of sp³-hybridized carbons (Fsp3) is 0.111. The van der Waals surface area contributed by atoms with Crippen molar-refractivity contribution in [2.45, 2.75) is 4.90 Å². The zero-order chi connectivity index (χ0) is 11.1. The number of aromatic amines is 1. The van der Waals surface area contributed by atoms with E-state index in [1.807, 2.05) is 0 Å². The SMILES string of the molecule is CS(=O)(=O)c1cccc2[nH]c(C=O)nc12. The van der Waals surface area contributed by atoms with E-state index in [1.165, 1.54) is 6.07 Å². The highest BCUT2D eigenvalue weighted by Crippen LogP contribution is 2.20. The number of H-pyrrole nitrogens is 1. The molecule has 5 nitrogen and oxygen atoms in total. The van der Waals surface area contributed by atoms with E-state index in [2.05, 4.69) is 9.97 Å². The standard InChI is InChI=1S/C9H8N2O3S/c1-15(13,14)7-4-2-3-6-9(7)11-8(5-12)10-6/h2-5H,1H3,(H,10,11). The molecule has 1 aromatic carbocycles. The van der Waals surface area contributed by atoms with Gasteiger partial charge in [-0.15, -0.1) is 0 Å². The first-order chi connectivity index (χ1) is 7.02. The molecule has 0 unspecified atom stereocenters. The Morgan fingerprint density at radius 3 is 2.73 bits per heavy atom. The average molecular weight is 224 g/mol. The van der Waals surface area contributed by atoms with Crippen molar-refractivity contribution in [2.24, 2.45) is 0 Å². The summed E-state index contributed by atoms with van der Waals surface area (Å²) in [6, 6.07) is 4.74. The number of nitrogens with one attached hydrogen (secondary N) is 1. The molecule has 0 aliphatic carbocycles. The number of sulfone groups is 1. The third kappa shape index (κ3) is 1.63. The number of nitrogens with zero attached hydrogens (tertiary/aromatic N) is 1.